The summed E-state index contributed by atoms with van der Waals surface area (Å²) in [5, 5.41) is 4.61. The van der Waals surface area contributed by atoms with Gasteiger partial charge in [-0.15, -0.1) is 11.8 Å². The number of nitrogens with zero attached hydrogens (tertiary/aromatic N) is 1. The zero-order valence-electron chi connectivity index (χ0n) is 11.6. The fourth-order valence-corrected chi connectivity index (χ4v) is 2.47. The lowest BCUT2D eigenvalue weighted by atomic mass is 10.2. The van der Waals surface area contributed by atoms with Crippen LogP contribution in [0.1, 0.15) is 25.8 Å². The molecule has 1 rings (SSSR count). The molecule has 1 heterocycles. The Balaban J connectivity index is 2.40. The third kappa shape index (κ3) is 6.38. The molecule has 0 atom stereocenters. The van der Waals surface area contributed by atoms with Gasteiger partial charge in [-0.05, 0) is 30.5 Å². The van der Waals surface area contributed by atoms with Crippen LogP contribution in [-0.4, -0.2) is 31.0 Å². The molecule has 0 saturated carbocycles. The predicted molar refractivity (Wildman–Crippen MR) is 78.0 cm³/mol. The fourth-order valence-electron chi connectivity index (χ4n) is 1.56. The normalized spacial score (nSPS) is 11.1. The first-order valence-electron chi connectivity index (χ1n) is 6.50. The Morgan fingerprint density at radius 3 is 3.00 bits per heavy atom. The highest BCUT2D eigenvalue weighted by atomic mass is 32.2. The van der Waals surface area contributed by atoms with Gasteiger partial charge >= 0.3 is 0 Å². The molecule has 0 bridgehead atoms. The van der Waals surface area contributed by atoms with E-state index in [2.05, 4.69) is 30.2 Å². The van der Waals surface area contributed by atoms with Crippen LogP contribution in [0.2, 0.25) is 0 Å². The number of nitrogens with one attached hydrogen (secondary N) is 1. The fraction of sp³-hybridized carbons (Fsp3) is 0.643. The third-order valence-electron chi connectivity index (χ3n) is 2.45. The summed E-state index contributed by atoms with van der Waals surface area (Å²) in [6.45, 7) is 7.20. The van der Waals surface area contributed by atoms with Crippen molar-refractivity contribution in [1.82, 2.24) is 10.3 Å². The second-order valence-corrected chi connectivity index (χ2v) is 5.77. The van der Waals surface area contributed by atoms with E-state index in [9.17, 15) is 0 Å². The topological polar surface area (TPSA) is 34.1 Å². The van der Waals surface area contributed by atoms with Gasteiger partial charge in [0.05, 0.1) is 0 Å². The molecule has 0 amide bonds. The molecule has 1 aromatic rings. The van der Waals surface area contributed by atoms with Gasteiger partial charge in [0.2, 0.25) is 0 Å². The van der Waals surface area contributed by atoms with Crippen LogP contribution in [0.25, 0.3) is 0 Å². The minimum absolute atomic E-state index is 0.680. The Hall–Kier alpha value is -0.580. The van der Waals surface area contributed by atoms with Gasteiger partial charge < -0.3 is 10.1 Å². The molecular weight excluding hydrogens is 244 g/mol. The van der Waals surface area contributed by atoms with E-state index in [0.29, 0.717) is 5.92 Å². The van der Waals surface area contributed by atoms with E-state index in [-0.39, 0.29) is 0 Å². The van der Waals surface area contributed by atoms with E-state index < -0.39 is 0 Å². The second kappa shape index (κ2) is 9.36. The van der Waals surface area contributed by atoms with E-state index >= 15 is 0 Å². The Morgan fingerprint density at radius 1 is 1.44 bits per heavy atom. The molecule has 4 heteroatoms. The highest BCUT2D eigenvalue weighted by Crippen LogP contribution is 2.20. The van der Waals surface area contributed by atoms with E-state index in [1.54, 1.807) is 7.11 Å². The van der Waals surface area contributed by atoms with Crippen LogP contribution >= 0.6 is 11.8 Å². The van der Waals surface area contributed by atoms with E-state index in [4.69, 9.17) is 4.74 Å². The number of ether oxygens (including phenoxy) is 1. The molecule has 0 radical (unpaired) electrons. The SMILES string of the molecule is COCCCSc1ncccc1CNCC(C)C. The van der Waals surface area contributed by atoms with Crippen LogP contribution in [0.15, 0.2) is 23.4 Å². The molecule has 102 valence electrons. The second-order valence-electron chi connectivity index (χ2n) is 4.69. The summed E-state index contributed by atoms with van der Waals surface area (Å²) in [5.74, 6) is 1.74. The standard InChI is InChI=1S/C14H24N2OS/c1-12(2)10-15-11-13-6-4-7-16-14(13)18-9-5-8-17-3/h4,6-7,12,15H,5,8-11H2,1-3H3. The molecule has 0 aliphatic heterocycles. The summed E-state index contributed by atoms with van der Waals surface area (Å²) in [6, 6.07) is 4.16. The molecular formula is C14H24N2OS. The zero-order valence-corrected chi connectivity index (χ0v) is 12.4. The highest BCUT2D eigenvalue weighted by Gasteiger charge is 2.04. The van der Waals surface area contributed by atoms with Crippen LogP contribution in [-0.2, 0) is 11.3 Å². The van der Waals surface area contributed by atoms with Gasteiger partial charge in [0.15, 0.2) is 0 Å². The molecule has 0 spiro atoms. The summed E-state index contributed by atoms with van der Waals surface area (Å²) < 4.78 is 5.06. The van der Waals surface area contributed by atoms with Gasteiger partial charge in [-0.25, -0.2) is 4.98 Å². The van der Waals surface area contributed by atoms with Crippen molar-refractivity contribution >= 4 is 11.8 Å². The average molecular weight is 268 g/mol. The molecule has 3 nitrogen and oxygen atoms in total. The summed E-state index contributed by atoms with van der Waals surface area (Å²) in [5.41, 5.74) is 1.29. The lowest BCUT2D eigenvalue weighted by Crippen LogP contribution is -2.19. The summed E-state index contributed by atoms with van der Waals surface area (Å²) >= 11 is 1.81. The Labute approximate surface area is 115 Å². The number of thioether (sulfide) groups is 1. The van der Waals surface area contributed by atoms with E-state index in [1.807, 2.05) is 24.0 Å². The quantitative estimate of drug-likeness (QED) is 0.551. The van der Waals surface area contributed by atoms with Crippen LogP contribution in [0.4, 0.5) is 0 Å². The number of aromatic nitrogens is 1. The van der Waals surface area contributed by atoms with E-state index in [0.717, 1.165) is 36.9 Å². The van der Waals surface area contributed by atoms with Gasteiger partial charge in [-0.2, -0.15) is 0 Å². The number of pyridine rings is 1. The van der Waals surface area contributed by atoms with Crippen molar-refractivity contribution in [1.29, 1.82) is 0 Å². The third-order valence-corrected chi connectivity index (χ3v) is 3.58. The van der Waals surface area contributed by atoms with Gasteiger partial charge in [0.25, 0.3) is 0 Å². The largest absolute Gasteiger partial charge is 0.385 e. The number of methoxy groups -OCH3 is 1. The maximum absolute atomic E-state index is 5.06. The lowest BCUT2D eigenvalue weighted by Gasteiger charge is -2.10. The maximum Gasteiger partial charge on any atom is 0.100 e. The van der Waals surface area contributed by atoms with Crippen molar-refractivity contribution in [3.63, 3.8) is 0 Å². The van der Waals surface area contributed by atoms with Crippen molar-refractivity contribution in [3.8, 4) is 0 Å². The van der Waals surface area contributed by atoms with Crippen molar-refractivity contribution in [2.24, 2.45) is 5.92 Å². The first-order valence-corrected chi connectivity index (χ1v) is 7.49. The van der Waals surface area contributed by atoms with Gasteiger partial charge in [-0.3, -0.25) is 0 Å². The number of rotatable bonds is 9. The van der Waals surface area contributed by atoms with Gasteiger partial charge in [0, 0.05) is 32.2 Å². The van der Waals surface area contributed by atoms with Crippen LogP contribution in [0.5, 0.6) is 0 Å². The number of hydrogen-bond acceptors (Lipinski definition) is 4. The van der Waals surface area contributed by atoms with E-state index in [1.165, 1.54) is 5.56 Å². The Kier molecular flexibility index (Phi) is 8.05. The van der Waals surface area contributed by atoms with Crippen molar-refractivity contribution < 1.29 is 4.74 Å². The summed E-state index contributed by atoms with van der Waals surface area (Å²) in [7, 11) is 1.74. The zero-order chi connectivity index (χ0) is 13.2. The molecule has 1 N–H and O–H groups in total. The minimum Gasteiger partial charge on any atom is -0.385 e. The highest BCUT2D eigenvalue weighted by molar-refractivity contribution is 7.99. The molecule has 1 aromatic heterocycles. The Morgan fingerprint density at radius 2 is 2.28 bits per heavy atom. The minimum atomic E-state index is 0.680. The molecule has 0 unspecified atom stereocenters. The van der Waals surface area contributed by atoms with Gasteiger partial charge in [0.1, 0.15) is 5.03 Å². The molecule has 0 aliphatic rings. The monoisotopic (exact) mass is 268 g/mol. The summed E-state index contributed by atoms with van der Waals surface area (Å²) in [6.07, 6.45) is 2.93. The van der Waals surface area contributed by atoms with Crippen molar-refractivity contribution in [2.75, 3.05) is 26.0 Å². The maximum atomic E-state index is 5.06. The van der Waals surface area contributed by atoms with Crippen LogP contribution < -0.4 is 5.32 Å². The summed E-state index contributed by atoms with van der Waals surface area (Å²) in [4.78, 5) is 4.46. The first kappa shape index (κ1) is 15.5. The molecule has 18 heavy (non-hydrogen) atoms. The molecule has 0 aromatic carbocycles. The first-order chi connectivity index (χ1) is 8.74. The molecule has 0 aliphatic carbocycles. The van der Waals surface area contributed by atoms with Crippen LogP contribution in [0.3, 0.4) is 0 Å². The molecule has 0 fully saturated rings. The lowest BCUT2D eigenvalue weighted by molar-refractivity contribution is 0.200. The van der Waals surface area contributed by atoms with Gasteiger partial charge in [-0.1, -0.05) is 19.9 Å². The molecule has 0 saturated heterocycles. The van der Waals surface area contributed by atoms with Crippen LogP contribution in [0, 0.1) is 5.92 Å². The number of hydrogen-bond donors (Lipinski definition) is 1. The smallest absolute Gasteiger partial charge is 0.100 e. The Bertz CT molecular complexity index is 331. The predicted octanol–water partition coefficient (Wildman–Crippen LogP) is 2.96. The average Bonchev–Trinajstić information content (AvgIpc) is 2.36. The van der Waals surface area contributed by atoms with Crippen molar-refractivity contribution in [3.05, 3.63) is 23.9 Å². The van der Waals surface area contributed by atoms with Crippen molar-refractivity contribution in [2.45, 2.75) is 31.8 Å².